The Morgan fingerprint density at radius 3 is 2.89 bits per heavy atom. The van der Waals surface area contributed by atoms with Gasteiger partial charge in [0.1, 0.15) is 5.82 Å². The van der Waals surface area contributed by atoms with Crippen LogP contribution < -0.4 is 4.87 Å². The lowest BCUT2D eigenvalue weighted by atomic mass is 10.4. The average molecular weight is 300 g/mol. The van der Waals surface area contributed by atoms with Gasteiger partial charge in [-0.3, -0.25) is 4.79 Å². The number of aromatic nitrogens is 3. The molecule has 0 fully saturated rings. The molecular formula is C10H12N4O3S2. The highest BCUT2D eigenvalue weighted by molar-refractivity contribution is 7.91. The molecule has 0 aliphatic carbocycles. The smallest absolute Gasteiger partial charge is 0.305 e. The first-order chi connectivity index (χ1) is 8.98. The second-order valence-corrected chi connectivity index (χ2v) is 7.42. The molecule has 102 valence electrons. The Balaban J connectivity index is 1.99. The Kier molecular flexibility index (Phi) is 2.84. The molecule has 3 rings (SSSR count). The lowest BCUT2D eigenvalue weighted by Crippen LogP contribution is -2.38. The van der Waals surface area contributed by atoms with E-state index in [0.29, 0.717) is 18.8 Å². The lowest BCUT2D eigenvalue weighted by Gasteiger charge is -2.26. The highest BCUT2D eigenvalue weighted by Gasteiger charge is 2.31. The molecule has 3 heterocycles. The number of nitrogens with one attached hydrogen (secondary N) is 1. The summed E-state index contributed by atoms with van der Waals surface area (Å²) in [6.07, 6.45) is 3.49. The summed E-state index contributed by atoms with van der Waals surface area (Å²) in [7, 11) is -3.63. The van der Waals surface area contributed by atoms with Gasteiger partial charge in [0, 0.05) is 31.2 Å². The van der Waals surface area contributed by atoms with E-state index < -0.39 is 10.0 Å². The number of aryl methyl sites for hydroxylation is 1. The minimum atomic E-state index is -3.63. The number of fused-ring (bicyclic) bond motifs is 1. The number of aromatic amines is 1. The van der Waals surface area contributed by atoms with Gasteiger partial charge in [0.05, 0.1) is 6.54 Å². The molecule has 0 aromatic carbocycles. The van der Waals surface area contributed by atoms with Crippen LogP contribution in [-0.2, 0) is 23.1 Å². The highest BCUT2D eigenvalue weighted by Crippen LogP contribution is 2.24. The number of imidazole rings is 1. The summed E-state index contributed by atoms with van der Waals surface area (Å²) >= 11 is 0.730. The molecule has 0 spiro atoms. The van der Waals surface area contributed by atoms with E-state index in [1.807, 2.05) is 10.8 Å². The second kappa shape index (κ2) is 4.29. The molecule has 1 aliphatic heterocycles. The van der Waals surface area contributed by atoms with Crippen LogP contribution in [0.15, 0.2) is 21.4 Å². The van der Waals surface area contributed by atoms with Crippen molar-refractivity contribution >= 4 is 21.4 Å². The van der Waals surface area contributed by atoms with Gasteiger partial charge in [0.2, 0.25) is 0 Å². The fourth-order valence-electron chi connectivity index (χ4n) is 2.11. The molecule has 0 bridgehead atoms. The van der Waals surface area contributed by atoms with E-state index in [0.717, 1.165) is 17.2 Å². The van der Waals surface area contributed by atoms with E-state index in [1.54, 1.807) is 13.1 Å². The SMILES string of the molecule is Cc1[nH]c(=O)sc1S(=O)(=O)N1CCn2ccnc2C1. The third-order valence-electron chi connectivity index (χ3n) is 3.07. The zero-order valence-electron chi connectivity index (χ0n) is 10.2. The van der Waals surface area contributed by atoms with Gasteiger partial charge in [-0.05, 0) is 6.92 Å². The fraction of sp³-hybridized carbons (Fsp3) is 0.400. The van der Waals surface area contributed by atoms with E-state index in [2.05, 4.69) is 9.97 Å². The lowest BCUT2D eigenvalue weighted by molar-refractivity contribution is 0.336. The van der Waals surface area contributed by atoms with Crippen LogP contribution in [0.5, 0.6) is 0 Å². The topological polar surface area (TPSA) is 88.1 Å². The van der Waals surface area contributed by atoms with Gasteiger partial charge < -0.3 is 9.55 Å². The summed E-state index contributed by atoms with van der Waals surface area (Å²) in [4.78, 5) is 17.5. The molecular weight excluding hydrogens is 288 g/mol. The molecule has 0 saturated heterocycles. The maximum atomic E-state index is 12.5. The van der Waals surface area contributed by atoms with Crippen LogP contribution in [0.3, 0.4) is 0 Å². The zero-order chi connectivity index (χ0) is 13.6. The summed E-state index contributed by atoms with van der Waals surface area (Å²) in [5.74, 6) is 0.718. The number of hydrogen-bond donors (Lipinski definition) is 1. The van der Waals surface area contributed by atoms with Crippen LogP contribution in [0, 0.1) is 6.92 Å². The Bertz CT molecular complexity index is 771. The van der Waals surface area contributed by atoms with Gasteiger partial charge in [-0.1, -0.05) is 11.3 Å². The molecule has 0 saturated carbocycles. The normalized spacial score (nSPS) is 16.5. The van der Waals surface area contributed by atoms with Crippen molar-refractivity contribution in [3.8, 4) is 0 Å². The average Bonchev–Trinajstić information content (AvgIpc) is 2.94. The van der Waals surface area contributed by atoms with Crippen molar-refractivity contribution < 1.29 is 8.42 Å². The van der Waals surface area contributed by atoms with Crippen LogP contribution >= 0.6 is 11.3 Å². The minimum absolute atomic E-state index is 0.0949. The van der Waals surface area contributed by atoms with E-state index >= 15 is 0 Å². The maximum Gasteiger partial charge on any atom is 0.305 e. The van der Waals surface area contributed by atoms with Crippen molar-refractivity contribution in [1.29, 1.82) is 0 Å². The summed E-state index contributed by atoms with van der Waals surface area (Å²) < 4.78 is 28.4. The molecule has 0 radical (unpaired) electrons. The Hall–Kier alpha value is -1.45. The van der Waals surface area contributed by atoms with Crippen LogP contribution in [0.1, 0.15) is 11.5 Å². The van der Waals surface area contributed by atoms with Gasteiger partial charge in [-0.25, -0.2) is 13.4 Å². The van der Waals surface area contributed by atoms with Gasteiger partial charge in [-0.2, -0.15) is 4.31 Å². The number of rotatable bonds is 2. The van der Waals surface area contributed by atoms with Crippen LogP contribution in [0.2, 0.25) is 0 Å². The zero-order valence-corrected chi connectivity index (χ0v) is 11.8. The van der Waals surface area contributed by atoms with Gasteiger partial charge in [0.25, 0.3) is 10.0 Å². The van der Waals surface area contributed by atoms with E-state index in [1.165, 1.54) is 4.31 Å². The molecule has 1 aliphatic rings. The van der Waals surface area contributed by atoms with Crippen LogP contribution in [-0.4, -0.2) is 33.8 Å². The molecule has 2 aromatic heterocycles. The predicted octanol–water partition coefficient (Wildman–Crippen LogP) is 0.146. The van der Waals surface area contributed by atoms with Gasteiger partial charge in [-0.15, -0.1) is 0 Å². The number of hydrogen-bond acceptors (Lipinski definition) is 5. The number of H-pyrrole nitrogens is 1. The summed E-state index contributed by atoms with van der Waals surface area (Å²) in [5.41, 5.74) is 0.393. The molecule has 7 nitrogen and oxygen atoms in total. The van der Waals surface area contributed by atoms with E-state index in [4.69, 9.17) is 0 Å². The first kappa shape index (κ1) is 12.6. The first-order valence-corrected chi connectivity index (χ1v) is 7.94. The van der Waals surface area contributed by atoms with Crippen molar-refractivity contribution in [3.05, 3.63) is 33.6 Å². The number of thiazole rings is 1. The standard InChI is InChI=1S/C10H12N4O3S2/c1-7-9(18-10(15)12-7)19(16,17)14-5-4-13-3-2-11-8(13)6-14/h2-3H,4-6H2,1H3,(H,12,15). The van der Waals surface area contributed by atoms with Crippen molar-refractivity contribution in [1.82, 2.24) is 18.8 Å². The third-order valence-corrected chi connectivity index (χ3v) is 6.49. The molecule has 2 aromatic rings. The number of nitrogens with zero attached hydrogens (tertiary/aromatic N) is 3. The molecule has 9 heteroatoms. The first-order valence-electron chi connectivity index (χ1n) is 5.68. The van der Waals surface area contributed by atoms with Crippen molar-refractivity contribution in [2.24, 2.45) is 0 Å². The maximum absolute atomic E-state index is 12.5. The quantitative estimate of drug-likeness (QED) is 0.855. The van der Waals surface area contributed by atoms with Crippen LogP contribution in [0.4, 0.5) is 0 Å². The van der Waals surface area contributed by atoms with E-state index in [-0.39, 0.29) is 15.6 Å². The monoisotopic (exact) mass is 300 g/mol. The molecule has 1 N–H and O–H groups in total. The second-order valence-electron chi connectivity index (χ2n) is 4.30. The highest BCUT2D eigenvalue weighted by atomic mass is 32.2. The minimum Gasteiger partial charge on any atom is -0.333 e. The van der Waals surface area contributed by atoms with Gasteiger partial charge in [0.15, 0.2) is 4.21 Å². The molecule has 0 unspecified atom stereocenters. The summed E-state index contributed by atoms with van der Waals surface area (Å²) in [5, 5.41) is 0. The number of sulfonamides is 1. The molecule has 19 heavy (non-hydrogen) atoms. The molecule has 0 amide bonds. The summed E-state index contributed by atoms with van der Waals surface area (Å²) in [6, 6.07) is 0. The Morgan fingerprint density at radius 2 is 2.21 bits per heavy atom. The third kappa shape index (κ3) is 2.03. The van der Waals surface area contributed by atoms with Crippen molar-refractivity contribution in [3.63, 3.8) is 0 Å². The Morgan fingerprint density at radius 1 is 1.42 bits per heavy atom. The summed E-state index contributed by atoms with van der Waals surface area (Å²) in [6.45, 7) is 2.79. The van der Waals surface area contributed by atoms with Crippen molar-refractivity contribution in [2.75, 3.05) is 6.54 Å². The largest absolute Gasteiger partial charge is 0.333 e. The van der Waals surface area contributed by atoms with E-state index in [9.17, 15) is 13.2 Å². The van der Waals surface area contributed by atoms with Crippen LogP contribution in [0.25, 0.3) is 0 Å². The van der Waals surface area contributed by atoms with Gasteiger partial charge >= 0.3 is 4.87 Å². The fourth-order valence-corrected chi connectivity index (χ4v) is 4.93. The molecule has 0 atom stereocenters. The Labute approximate surface area is 113 Å². The van der Waals surface area contributed by atoms with Crippen molar-refractivity contribution in [2.45, 2.75) is 24.2 Å². The predicted molar refractivity (Wildman–Crippen MR) is 69.5 cm³/mol.